The minimum absolute atomic E-state index is 0. The van der Waals surface area contributed by atoms with Gasteiger partial charge in [-0.05, 0) is 31.2 Å². The van der Waals surface area contributed by atoms with E-state index in [1.54, 1.807) is 18.4 Å². The molecule has 0 aliphatic rings. The quantitative estimate of drug-likeness (QED) is 0.215. The first-order valence-electron chi connectivity index (χ1n) is 9.35. The Bertz CT molecular complexity index is 704. The highest BCUT2D eigenvalue weighted by Crippen LogP contribution is 2.19. The molecule has 1 heterocycles. The number of hydrogen-bond donors (Lipinski definition) is 2. The number of nitrogens with zero attached hydrogens (tertiary/aromatic N) is 2. The number of thiazole rings is 1. The maximum atomic E-state index is 5.72. The molecule has 156 valence electrons. The summed E-state index contributed by atoms with van der Waals surface area (Å²) in [4.78, 5) is 9.27. The van der Waals surface area contributed by atoms with Crippen LogP contribution in [0.15, 0.2) is 34.6 Å². The molecule has 0 saturated carbocycles. The summed E-state index contributed by atoms with van der Waals surface area (Å²) in [5.74, 6) is 2.93. The molecule has 2 aromatic rings. The highest BCUT2D eigenvalue weighted by molar-refractivity contribution is 14.0. The van der Waals surface area contributed by atoms with E-state index in [-0.39, 0.29) is 24.0 Å². The second-order valence-corrected chi connectivity index (χ2v) is 7.18. The van der Waals surface area contributed by atoms with Crippen LogP contribution in [0, 0.1) is 0 Å². The van der Waals surface area contributed by atoms with Gasteiger partial charge in [-0.25, -0.2) is 4.98 Å². The van der Waals surface area contributed by atoms with Gasteiger partial charge in [-0.2, -0.15) is 0 Å². The van der Waals surface area contributed by atoms with Crippen LogP contribution in [0.5, 0.6) is 11.5 Å². The Morgan fingerprint density at radius 3 is 2.50 bits per heavy atom. The molecular weight excluding hydrogens is 487 g/mol. The maximum Gasteiger partial charge on any atom is 0.191 e. The van der Waals surface area contributed by atoms with Gasteiger partial charge in [0.15, 0.2) is 5.96 Å². The average Bonchev–Trinajstić information content (AvgIpc) is 3.15. The van der Waals surface area contributed by atoms with Crippen LogP contribution in [0.3, 0.4) is 0 Å². The van der Waals surface area contributed by atoms with Crippen LogP contribution >= 0.6 is 35.3 Å². The van der Waals surface area contributed by atoms with E-state index in [9.17, 15) is 0 Å². The Morgan fingerprint density at radius 1 is 1.18 bits per heavy atom. The summed E-state index contributed by atoms with van der Waals surface area (Å²) in [5.41, 5.74) is 1.12. The fourth-order valence-electron chi connectivity index (χ4n) is 2.34. The number of benzene rings is 1. The number of methoxy groups -OCH3 is 1. The molecule has 0 atom stereocenters. The lowest BCUT2D eigenvalue weighted by Crippen LogP contribution is -2.39. The lowest BCUT2D eigenvalue weighted by atomic mass is 10.2. The van der Waals surface area contributed by atoms with Gasteiger partial charge in [0.2, 0.25) is 0 Å². The average molecular weight is 518 g/mol. The van der Waals surface area contributed by atoms with Crippen molar-refractivity contribution in [2.24, 2.45) is 4.99 Å². The molecule has 0 amide bonds. The third-order valence-electron chi connectivity index (χ3n) is 3.77. The summed E-state index contributed by atoms with van der Waals surface area (Å²) in [6, 6.07) is 7.57. The molecule has 28 heavy (non-hydrogen) atoms. The molecule has 0 spiro atoms. The van der Waals surface area contributed by atoms with E-state index < -0.39 is 0 Å². The number of aliphatic imine (C=N–C) groups is 1. The molecule has 1 aromatic carbocycles. The van der Waals surface area contributed by atoms with Crippen molar-refractivity contribution in [1.29, 1.82) is 0 Å². The van der Waals surface area contributed by atoms with Crippen LogP contribution in [0.25, 0.3) is 0 Å². The van der Waals surface area contributed by atoms with Gasteiger partial charge in [-0.3, -0.25) is 4.99 Å². The fourth-order valence-corrected chi connectivity index (χ4v) is 3.21. The zero-order chi connectivity index (χ0) is 19.5. The summed E-state index contributed by atoms with van der Waals surface area (Å²) >= 11 is 1.73. The lowest BCUT2D eigenvalue weighted by molar-refractivity contribution is 0.321. The summed E-state index contributed by atoms with van der Waals surface area (Å²) < 4.78 is 10.9. The summed E-state index contributed by atoms with van der Waals surface area (Å²) in [7, 11) is 1.65. The second-order valence-electron chi connectivity index (χ2n) is 6.29. The first kappa shape index (κ1) is 24.5. The molecule has 0 bridgehead atoms. The number of halogens is 1. The van der Waals surface area contributed by atoms with Gasteiger partial charge >= 0.3 is 0 Å². The molecular formula is C20H31IN4O2S. The van der Waals surface area contributed by atoms with E-state index in [1.807, 2.05) is 24.3 Å². The lowest BCUT2D eigenvalue weighted by Gasteiger charge is -2.12. The van der Waals surface area contributed by atoms with E-state index in [1.165, 1.54) is 5.01 Å². The SMILES string of the molecule is CCNC(=NCCc1csc(C(C)C)n1)NCCOc1ccc(OC)cc1.I. The molecule has 0 unspecified atom stereocenters. The van der Waals surface area contributed by atoms with Crippen molar-refractivity contribution in [3.8, 4) is 11.5 Å². The first-order valence-corrected chi connectivity index (χ1v) is 10.2. The van der Waals surface area contributed by atoms with Crippen molar-refractivity contribution in [2.75, 3.05) is 33.4 Å². The Morgan fingerprint density at radius 2 is 1.89 bits per heavy atom. The Hall–Kier alpha value is -1.55. The van der Waals surface area contributed by atoms with Crippen molar-refractivity contribution in [3.63, 3.8) is 0 Å². The van der Waals surface area contributed by atoms with E-state index in [0.29, 0.717) is 25.6 Å². The largest absolute Gasteiger partial charge is 0.497 e. The third kappa shape index (κ3) is 8.64. The topological polar surface area (TPSA) is 67.8 Å². The van der Waals surface area contributed by atoms with Gasteiger partial charge < -0.3 is 20.1 Å². The highest BCUT2D eigenvalue weighted by Gasteiger charge is 2.05. The van der Waals surface area contributed by atoms with Crippen LogP contribution in [-0.2, 0) is 6.42 Å². The number of aromatic nitrogens is 1. The molecule has 8 heteroatoms. The zero-order valence-corrected chi connectivity index (χ0v) is 20.2. The van der Waals surface area contributed by atoms with Crippen LogP contribution in [-0.4, -0.2) is 44.3 Å². The smallest absolute Gasteiger partial charge is 0.191 e. The van der Waals surface area contributed by atoms with E-state index in [4.69, 9.17) is 9.47 Å². The molecule has 2 N–H and O–H groups in total. The van der Waals surface area contributed by atoms with Crippen molar-refractivity contribution in [3.05, 3.63) is 40.3 Å². The first-order chi connectivity index (χ1) is 13.1. The van der Waals surface area contributed by atoms with Gasteiger partial charge in [0, 0.05) is 30.8 Å². The van der Waals surface area contributed by atoms with Crippen molar-refractivity contribution in [1.82, 2.24) is 15.6 Å². The van der Waals surface area contributed by atoms with Crippen molar-refractivity contribution in [2.45, 2.75) is 33.1 Å². The van der Waals surface area contributed by atoms with Crippen molar-refractivity contribution < 1.29 is 9.47 Å². The molecule has 0 radical (unpaired) electrons. The van der Waals surface area contributed by atoms with Crippen LogP contribution in [0.1, 0.15) is 37.4 Å². The van der Waals surface area contributed by atoms with E-state index in [0.717, 1.165) is 36.1 Å². The van der Waals surface area contributed by atoms with Crippen LogP contribution < -0.4 is 20.1 Å². The fraction of sp³-hybridized carbons (Fsp3) is 0.500. The van der Waals surface area contributed by atoms with Gasteiger partial charge in [-0.1, -0.05) is 13.8 Å². The number of ether oxygens (including phenoxy) is 2. The molecule has 0 aliphatic heterocycles. The standard InChI is InChI=1S/C20H30N4O2S.HI/c1-5-21-20(22-11-10-16-14-27-19(24-16)15(2)3)23-12-13-26-18-8-6-17(25-4)7-9-18;/h6-9,14-15H,5,10-13H2,1-4H3,(H2,21,22,23);1H. The van der Waals surface area contributed by atoms with Gasteiger partial charge in [0.25, 0.3) is 0 Å². The summed E-state index contributed by atoms with van der Waals surface area (Å²) in [6.07, 6.45) is 0.849. The number of rotatable bonds is 10. The number of guanidine groups is 1. The molecule has 1 aromatic heterocycles. The Labute approximate surface area is 189 Å². The van der Waals surface area contributed by atoms with Gasteiger partial charge in [0.05, 0.1) is 24.4 Å². The summed E-state index contributed by atoms with van der Waals surface area (Å²) in [6.45, 7) is 9.15. The summed E-state index contributed by atoms with van der Waals surface area (Å²) in [5, 5.41) is 9.87. The predicted molar refractivity (Wildman–Crippen MR) is 128 cm³/mol. The minimum atomic E-state index is 0. The second kappa shape index (κ2) is 13.6. The third-order valence-corrected chi connectivity index (χ3v) is 4.96. The minimum Gasteiger partial charge on any atom is -0.497 e. The van der Waals surface area contributed by atoms with E-state index >= 15 is 0 Å². The molecule has 6 nitrogen and oxygen atoms in total. The molecule has 0 aliphatic carbocycles. The highest BCUT2D eigenvalue weighted by atomic mass is 127. The van der Waals surface area contributed by atoms with Crippen molar-refractivity contribution >= 4 is 41.3 Å². The van der Waals surface area contributed by atoms with E-state index in [2.05, 4.69) is 46.8 Å². The Balaban J connectivity index is 0.00000392. The van der Waals surface area contributed by atoms with Gasteiger partial charge in [-0.15, -0.1) is 35.3 Å². The zero-order valence-electron chi connectivity index (χ0n) is 17.0. The molecule has 0 fully saturated rings. The molecule has 2 rings (SSSR count). The normalized spacial score (nSPS) is 11.1. The monoisotopic (exact) mass is 518 g/mol. The van der Waals surface area contributed by atoms with Crippen LogP contribution in [0.2, 0.25) is 0 Å². The predicted octanol–water partition coefficient (Wildman–Crippen LogP) is 4.07. The van der Waals surface area contributed by atoms with Crippen LogP contribution in [0.4, 0.5) is 0 Å². The van der Waals surface area contributed by atoms with Gasteiger partial charge in [0.1, 0.15) is 18.1 Å². The number of nitrogens with one attached hydrogen (secondary N) is 2. The Kier molecular flexibility index (Phi) is 11.9. The number of hydrogen-bond acceptors (Lipinski definition) is 5. The maximum absolute atomic E-state index is 5.72. The molecule has 0 saturated heterocycles.